The van der Waals surface area contributed by atoms with E-state index in [4.69, 9.17) is 4.74 Å². The topological polar surface area (TPSA) is 76.5 Å². The minimum absolute atomic E-state index is 0.265. The van der Waals surface area contributed by atoms with Gasteiger partial charge in [-0.05, 0) is 23.6 Å². The molecule has 1 N–H and O–H groups in total. The van der Waals surface area contributed by atoms with Crippen molar-refractivity contribution in [3.05, 3.63) is 53.3 Å². The van der Waals surface area contributed by atoms with Gasteiger partial charge in [0, 0.05) is 33.4 Å². The Bertz CT molecular complexity index is 771. The van der Waals surface area contributed by atoms with E-state index in [0.29, 0.717) is 13.1 Å². The number of rotatable bonds is 4. The Morgan fingerprint density at radius 1 is 1.28 bits per heavy atom. The number of hydrogen-bond donors (Lipinski definition) is 1. The van der Waals surface area contributed by atoms with Gasteiger partial charge in [-0.2, -0.15) is 5.10 Å². The number of aromatic nitrogens is 2. The van der Waals surface area contributed by atoms with Crippen LogP contribution in [0.25, 0.3) is 0 Å². The summed E-state index contributed by atoms with van der Waals surface area (Å²) in [5, 5.41) is 6.87. The largest absolute Gasteiger partial charge is 0.382 e. The number of methoxy groups -OCH3 is 1. The smallest absolute Gasteiger partial charge is 0.312 e. The lowest BCUT2D eigenvalue weighted by molar-refractivity contribution is -0.147. The fourth-order valence-corrected chi connectivity index (χ4v) is 3.13. The number of amides is 2. The van der Waals surface area contributed by atoms with Crippen LogP contribution >= 0.6 is 0 Å². The second-order valence-corrected chi connectivity index (χ2v) is 6.11. The van der Waals surface area contributed by atoms with Gasteiger partial charge in [-0.1, -0.05) is 24.3 Å². The van der Waals surface area contributed by atoms with Crippen LogP contribution in [-0.4, -0.2) is 46.8 Å². The Morgan fingerprint density at radius 3 is 2.72 bits per heavy atom. The first kappa shape index (κ1) is 17.2. The summed E-state index contributed by atoms with van der Waals surface area (Å²) in [5.74, 6) is -1.14. The van der Waals surface area contributed by atoms with E-state index >= 15 is 0 Å². The first-order valence-corrected chi connectivity index (χ1v) is 8.23. The highest BCUT2D eigenvalue weighted by atomic mass is 16.5. The maximum Gasteiger partial charge on any atom is 0.312 e. The van der Waals surface area contributed by atoms with Gasteiger partial charge in [-0.25, -0.2) is 0 Å². The average molecular weight is 342 g/mol. The minimum Gasteiger partial charge on any atom is -0.382 e. The molecule has 0 saturated heterocycles. The molecule has 1 aliphatic heterocycles. The summed E-state index contributed by atoms with van der Waals surface area (Å²) >= 11 is 0. The molecule has 1 aromatic carbocycles. The molecular formula is C18H22N4O3. The predicted octanol–water partition coefficient (Wildman–Crippen LogP) is 0.809. The zero-order valence-electron chi connectivity index (χ0n) is 14.4. The molecule has 0 unspecified atom stereocenters. The summed E-state index contributed by atoms with van der Waals surface area (Å²) < 4.78 is 6.83. The number of benzene rings is 1. The molecule has 0 aliphatic carbocycles. The molecular weight excluding hydrogens is 320 g/mol. The number of nitrogens with zero attached hydrogens (tertiary/aromatic N) is 3. The van der Waals surface area contributed by atoms with Gasteiger partial charge < -0.3 is 15.0 Å². The lowest BCUT2D eigenvalue weighted by Crippen LogP contribution is -2.46. The molecule has 7 nitrogen and oxygen atoms in total. The summed E-state index contributed by atoms with van der Waals surface area (Å²) in [7, 11) is 3.34. The van der Waals surface area contributed by atoms with Crippen molar-refractivity contribution in [2.45, 2.75) is 19.0 Å². The average Bonchev–Trinajstić information content (AvgIpc) is 3.06. The molecule has 0 fully saturated rings. The normalized spacial score (nSPS) is 14.7. The van der Waals surface area contributed by atoms with Gasteiger partial charge in [0.1, 0.15) is 0 Å². The molecule has 2 aromatic rings. The zero-order chi connectivity index (χ0) is 17.8. The van der Waals surface area contributed by atoms with Crippen molar-refractivity contribution in [1.82, 2.24) is 20.0 Å². The highest BCUT2D eigenvalue weighted by Gasteiger charge is 2.28. The third-order valence-corrected chi connectivity index (χ3v) is 4.47. The fourth-order valence-electron chi connectivity index (χ4n) is 3.13. The summed E-state index contributed by atoms with van der Waals surface area (Å²) in [6.45, 7) is 1.27. The van der Waals surface area contributed by atoms with Crippen molar-refractivity contribution in [3.63, 3.8) is 0 Å². The zero-order valence-corrected chi connectivity index (χ0v) is 14.4. The van der Waals surface area contributed by atoms with Crippen molar-refractivity contribution in [1.29, 1.82) is 0 Å². The molecule has 0 spiro atoms. The Labute approximate surface area is 146 Å². The maximum absolute atomic E-state index is 12.6. The van der Waals surface area contributed by atoms with E-state index in [9.17, 15) is 9.59 Å². The number of nitrogens with one attached hydrogen (secondary N) is 1. The highest BCUT2D eigenvalue weighted by molar-refractivity contribution is 6.35. The Hall–Kier alpha value is -2.67. The molecule has 2 heterocycles. The first-order valence-electron chi connectivity index (χ1n) is 8.23. The van der Waals surface area contributed by atoms with Crippen LogP contribution in [0.15, 0.2) is 36.5 Å². The summed E-state index contributed by atoms with van der Waals surface area (Å²) in [6.07, 6.45) is 2.41. The summed E-state index contributed by atoms with van der Waals surface area (Å²) in [4.78, 5) is 26.6. The number of fused-ring (bicyclic) bond motifs is 1. The monoisotopic (exact) mass is 342 g/mol. The molecule has 7 heteroatoms. The van der Waals surface area contributed by atoms with Crippen LogP contribution in [0.1, 0.15) is 22.9 Å². The van der Waals surface area contributed by atoms with Crippen molar-refractivity contribution >= 4 is 11.8 Å². The van der Waals surface area contributed by atoms with Crippen LogP contribution < -0.4 is 5.32 Å². The van der Waals surface area contributed by atoms with E-state index in [1.807, 2.05) is 18.2 Å². The second-order valence-electron chi connectivity index (χ2n) is 6.11. The standard InChI is InChI=1S/C18H22N4O3/c1-21-16(7-9-19-21)15(12-25-2)20-17(23)18(24)22-10-8-13-5-3-4-6-14(13)11-22/h3-7,9,15H,8,10-12H2,1-2H3,(H,20,23)/t15-/m1/s1. The van der Waals surface area contributed by atoms with E-state index in [1.165, 1.54) is 5.56 Å². The van der Waals surface area contributed by atoms with Crippen LogP contribution in [0.3, 0.4) is 0 Å². The first-order chi connectivity index (χ1) is 12.1. The third kappa shape index (κ3) is 3.71. The van der Waals surface area contributed by atoms with Crippen molar-refractivity contribution in [3.8, 4) is 0 Å². The van der Waals surface area contributed by atoms with E-state index in [0.717, 1.165) is 17.7 Å². The molecule has 132 valence electrons. The number of ether oxygens (including phenoxy) is 1. The highest BCUT2D eigenvalue weighted by Crippen LogP contribution is 2.19. The van der Waals surface area contributed by atoms with Crippen molar-refractivity contribution in [2.24, 2.45) is 7.05 Å². The van der Waals surface area contributed by atoms with Gasteiger partial charge in [-0.15, -0.1) is 0 Å². The molecule has 3 rings (SSSR count). The second kappa shape index (κ2) is 7.48. The lowest BCUT2D eigenvalue weighted by Gasteiger charge is -2.29. The molecule has 0 bridgehead atoms. The Balaban J connectivity index is 1.68. The van der Waals surface area contributed by atoms with Gasteiger partial charge in [0.25, 0.3) is 0 Å². The van der Waals surface area contributed by atoms with Crippen LogP contribution in [0.4, 0.5) is 0 Å². The lowest BCUT2D eigenvalue weighted by atomic mass is 10.00. The molecule has 25 heavy (non-hydrogen) atoms. The van der Waals surface area contributed by atoms with Crippen molar-refractivity contribution < 1.29 is 14.3 Å². The van der Waals surface area contributed by atoms with Crippen LogP contribution in [-0.2, 0) is 34.3 Å². The van der Waals surface area contributed by atoms with Gasteiger partial charge in [0.15, 0.2) is 0 Å². The van der Waals surface area contributed by atoms with Crippen LogP contribution in [0.5, 0.6) is 0 Å². The molecule has 1 atom stereocenters. The number of aryl methyl sites for hydroxylation is 1. The Kier molecular flexibility index (Phi) is 5.14. The number of hydrogen-bond acceptors (Lipinski definition) is 4. The summed E-state index contributed by atoms with van der Waals surface area (Å²) in [5.41, 5.74) is 3.11. The van der Waals surface area contributed by atoms with E-state index in [2.05, 4.69) is 16.5 Å². The molecule has 1 aromatic heterocycles. The van der Waals surface area contributed by atoms with Gasteiger partial charge in [-0.3, -0.25) is 14.3 Å². The number of carbonyl (C=O) groups excluding carboxylic acids is 2. The molecule has 1 aliphatic rings. The number of carbonyl (C=O) groups is 2. The maximum atomic E-state index is 12.6. The van der Waals surface area contributed by atoms with E-state index < -0.39 is 17.9 Å². The predicted molar refractivity (Wildman–Crippen MR) is 91.5 cm³/mol. The fraction of sp³-hybridized carbons (Fsp3) is 0.389. The SMILES string of the molecule is COC[C@@H](NC(=O)C(=O)N1CCc2ccccc2C1)c1ccnn1C. The van der Waals surface area contributed by atoms with E-state index in [1.54, 1.807) is 36.0 Å². The van der Waals surface area contributed by atoms with Gasteiger partial charge in [0.2, 0.25) is 0 Å². The van der Waals surface area contributed by atoms with Crippen LogP contribution in [0.2, 0.25) is 0 Å². The minimum atomic E-state index is -0.623. The summed E-state index contributed by atoms with van der Waals surface area (Å²) in [6, 6.07) is 9.37. The quantitative estimate of drug-likeness (QED) is 0.834. The van der Waals surface area contributed by atoms with Crippen LogP contribution in [0, 0.1) is 0 Å². The molecule has 0 saturated carbocycles. The molecule has 2 amide bonds. The van der Waals surface area contributed by atoms with E-state index in [-0.39, 0.29) is 6.61 Å². The third-order valence-electron chi connectivity index (χ3n) is 4.47. The van der Waals surface area contributed by atoms with Gasteiger partial charge >= 0.3 is 11.8 Å². The van der Waals surface area contributed by atoms with Gasteiger partial charge in [0.05, 0.1) is 18.3 Å². The Morgan fingerprint density at radius 2 is 2.04 bits per heavy atom. The van der Waals surface area contributed by atoms with Crippen molar-refractivity contribution in [2.75, 3.05) is 20.3 Å². The molecule has 0 radical (unpaired) electrons.